The monoisotopic (exact) mass is 250 g/mol. The number of hydrogen-bond acceptors (Lipinski definition) is 3. The lowest BCUT2D eigenvalue weighted by Crippen LogP contribution is -2.38. The highest BCUT2D eigenvalue weighted by molar-refractivity contribution is 5.96. The van der Waals surface area contributed by atoms with Crippen LogP contribution in [0.5, 0.6) is 5.75 Å². The maximum absolute atomic E-state index is 13.2. The van der Waals surface area contributed by atoms with Crippen LogP contribution in [0.25, 0.3) is 0 Å². The molecule has 1 aliphatic heterocycles. The van der Waals surface area contributed by atoms with Gasteiger partial charge < -0.3 is 15.8 Å². The van der Waals surface area contributed by atoms with Crippen LogP contribution in [0.2, 0.25) is 0 Å². The molecule has 4 nitrogen and oxygen atoms in total. The van der Waals surface area contributed by atoms with Crippen LogP contribution >= 0.6 is 12.4 Å². The van der Waals surface area contributed by atoms with Gasteiger partial charge in [0.05, 0.1) is 0 Å². The molecule has 0 aliphatic carbocycles. The number of carbonyl (C=O) groups is 1. The number of anilines is 1. The normalized spacial score (nSPS) is 18.7. The third-order valence-electron chi connectivity index (χ3n) is 2.02. The molecular formula is C9H9ClF2N2O2. The maximum atomic E-state index is 13.2. The number of hydrogen-bond donors (Lipinski definition) is 2. The lowest BCUT2D eigenvalue weighted by molar-refractivity contribution is -0.117. The molecule has 0 bridgehead atoms. The molecule has 2 rings (SSSR count). The van der Waals surface area contributed by atoms with Gasteiger partial charge in [0.2, 0.25) is 5.91 Å². The van der Waals surface area contributed by atoms with E-state index in [4.69, 9.17) is 10.5 Å². The van der Waals surface area contributed by atoms with E-state index in [0.717, 1.165) is 6.07 Å². The molecule has 1 aromatic rings. The van der Waals surface area contributed by atoms with Crippen LogP contribution in [0.15, 0.2) is 12.1 Å². The number of halogens is 3. The Morgan fingerprint density at radius 3 is 2.81 bits per heavy atom. The molecule has 1 amide bonds. The Balaban J connectivity index is 0.00000128. The minimum atomic E-state index is -0.889. The van der Waals surface area contributed by atoms with Crippen molar-refractivity contribution in [3.63, 3.8) is 0 Å². The van der Waals surface area contributed by atoms with E-state index in [0.29, 0.717) is 6.07 Å². The van der Waals surface area contributed by atoms with Crippen LogP contribution in [0.4, 0.5) is 14.5 Å². The maximum Gasteiger partial charge on any atom is 0.244 e. The number of nitrogens with two attached hydrogens (primary N) is 1. The molecule has 1 aliphatic rings. The van der Waals surface area contributed by atoms with E-state index in [-0.39, 0.29) is 30.5 Å². The highest BCUT2D eigenvalue weighted by atomic mass is 35.5. The fraction of sp³-hybridized carbons (Fsp3) is 0.222. The van der Waals surface area contributed by atoms with Gasteiger partial charge in [-0.05, 0) is 0 Å². The van der Waals surface area contributed by atoms with Crippen LogP contribution < -0.4 is 15.8 Å². The summed E-state index contributed by atoms with van der Waals surface area (Å²) in [5, 5.41) is 2.24. The van der Waals surface area contributed by atoms with Crippen molar-refractivity contribution in [1.82, 2.24) is 0 Å². The number of nitrogens with one attached hydrogen (secondary N) is 1. The van der Waals surface area contributed by atoms with E-state index < -0.39 is 23.6 Å². The third-order valence-corrected chi connectivity index (χ3v) is 2.02. The molecule has 1 aromatic carbocycles. The highest BCUT2D eigenvalue weighted by Gasteiger charge is 2.24. The average Bonchev–Trinajstić information content (AvgIpc) is 2.30. The molecule has 1 atom stereocenters. The number of amides is 1. The fourth-order valence-electron chi connectivity index (χ4n) is 1.26. The summed E-state index contributed by atoms with van der Waals surface area (Å²) >= 11 is 0. The second-order valence-corrected chi connectivity index (χ2v) is 3.17. The predicted octanol–water partition coefficient (Wildman–Crippen LogP) is 1.04. The molecule has 0 fully saturated rings. The van der Waals surface area contributed by atoms with Gasteiger partial charge in [-0.3, -0.25) is 4.79 Å². The van der Waals surface area contributed by atoms with Gasteiger partial charge in [0.15, 0.2) is 5.82 Å². The summed E-state index contributed by atoms with van der Waals surface area (Å²) in [5.74, 6) is -2.25. The summed E-state index contributed by atoms with van der Waals surface area (Å²) in [7, 11) is 0. The van der Waals surface area contributed by atoms with Crippen molar-refractivity contribution >= 4 is 24.0 Å². The molecule has 0 radical (unpaired) electrons. The van der Waals surface area contributed by atoms with Gasteiger partial charge in [0, 0.05) is 12.1 Å². The lowest BCUT2D eigenvalue weighted by Gasteiger charge is -2.07. The van der Waals surface area contributed by atoms with Crippen molar-refractivity contribution in [3.8, 4) is 5.75 Å². The summed E-state index contributed by atoms with van der Waals surface area (Å²) in [5.41, 5.74) is 5.22. The molecule has 1 heterocycles. The smallest absolute Gasteiger partial charge is 0.244 e. The number of ether oxygens (including phenoxy) is 1. The quantitative estimate of drug-likeness (QED) is 0.723. The third kappa shape index (κ3) is 2.23. The van der Waals surface area contributed by atoms with Crippen LogP contribution in [-0.4, -0.2) is 18.6 Å². The first-order chi connectivity index (χ1) is 7.08. The van der Waals surface area contributed by atoms with E-state index >= 15 is 0 Å². The highest BCUT2D eigenvalue weighted by Crippen LogP contribution is 2.30. The number of fused-ring (bicyclic) bond motifs is 1. The molecule has 0 saturated heterocycles. The van der Waals surface area contributed by atoms with Crippen molar-refractivity contribution in [3.05, 3.63) is 23.8 Å². The molecule has 0 unspecified atom stereocenters. The summed E-state index contributed by atoms with van der Waals surface area (Å²) in [4.78, 5) is 11.2. The van der Waals surface area contributed by atoms with Crippen molar-refractivity contribution in [1.29, 1.82) is 0 Å². The summed E-state index contributed by atoms with van der Waals surface area (Å²) in [6.07, 6.45) is 0. The molecule has 3 N–H and O–H groups in total. The molecule has 7 heteroatoms. The van der Waals surface area contributed by atoms with Crippen molar-refractivity contribution in [2.75, 3.05) is 11.9 Å². The zero-order chi connectivity index (χ0) is 11.0. The first-order valence-corrected chi connectivity index (χ1v) is 4.26. The average molecular weight is 251 g/mol. The molecular weight excluding hydrogens is 242 g/mol. The van der Waals surface area contributed by atoms with Crippen LogP contribution in [0.3, 0.4) is 0 Å². The summed E-state index contributed by atoms with van der Waals surface area (Å²) in [6, 6.07) is 0.774. The Morgan fingerprint density at radius 2 is 2.12 bits per heavy atom. The van der Waals surface area contributed by atoms with E-state index in [1.54, 1.807) is 0 Å². The first-order valence-electron chi connectivity index (χ1n) is 4.26. The summed E-state index contributed by atoms with van der Waals surface area (Å²) < 4.78 is 31.1. The Labute approximate surface area is 96.2 Å². The van der Waals surface area contributed by atoms with Crippen molar-refractivity contribution in [2.24, 2.45) is 5.73 Å². The topological polar surface area (TPSA) is 64.3 Å². The second kappa shape index (κ2) is 4.63. The summed E-state index contributed by atoms with van der Waals surface area (Å²) in [6.45, 7) is -0.109. The molecule has 0 saturated carbocycles. The zero-order valence-corrected chi connectivity index (χ0v) is 8.81. The fourth-order valence-corrected chi connectivity index (χ4v) is 1.26. The molecule has 0 spiro atoms. The van der Waals surface area contributed by atoms with Gasteiger partial charge >= 0.3 is 0 Å². The largest absolute Gasteiger partial charge is 0.489 e. The number of carbonyl (C=O) groups excluding carboxylic acids is 1. The molecule has 16 heavy (non-hydrogen) atoms. The van der Waals surface area contributed by atoms with Gasteiger partial charge in [0.1, 0.15) is 29.9 Å². The van der Waals surface area contributed by atoms with Gasteiger partial charge in [0.25, 0.3) is 0 Å². The van der Waals surface area contributed by atoms with Crippen LogP contribution in [-0.2, 0) is 4.79 Å². The Bertz CT molecular complexity index is 428. The van der Waals surface area contributed by atoms with E-state index in [9.17, 15) is 13.6 Å². The van der Waals surface area contributed by atoms with E-state index in [1.165, 1.54) is 0 Å². The van der Waals surface area contributed by atoms with Gasteiger partial charge in [-0.15, -0.1) is 12.4 Å². The SMILES string of the molecule is Cl.N[C@H]1COc2cc(F)cc(F)c2NC1=O. The van der Waals surface area contributed by atoms with Gasteiger partial charge in [-0.1, -0.05) is 0 Å². The number of benzene rings is 1. The van der Waals surface area contributed by atoms with Gasteiger partial charge in [-0.25, -0.2) is 8.78 Å². The Kier molecular flexibility index (Phi) is 3.66. The van der Waals surface area contributed by atoms with Crippen molar-refractivity contribution < 1.29 is 18.3 Å². The standard InChI is InChI=1S/C9H8F2N2O2.ClH/c10-4-1-5(11)8-7(2-4)15-3-6(12)9(14)13-8;/h1-2,6H,3,12H2,(H,13,14);1H/t6-;/m0./s1. The minimum absolute atomic E-state index is 0. The number of rotatable bonds is 0. The molecule has 88 valence electrons. The lowest BCUT2D eigenvalue weighted by atomic mass is 10.2. The Hall–Kier alpha value is -1.40. The van der Waals surface area contributed by atoms with Crippen molar-refractivity contribution in [2.45, 2.75) is 6.04 Å². The van der Waals surface area contributed by atoms with Gasteiger partial charge in [-0.2, -0.15) is 0 Å². The molecule has 0 aromatic heterocycles. The second-order valence-electron chi connectivity index (χ2n) is 3.17. The Morgan fingerprint density at radius 1 is 1.44 bits per heavy atom. The minimum Gasteiger partial charge on any atom is -0.489 e. The van der Waals surface area contributed by atoms with E-state index in [1.807, 2.05) is 0 Å². The zero-order valence-electron chi connectivity index (χ0n) is 8.00. The first kappa shape index (κ1) is 12.7. The van der Waals surface area contributed by atoms with E-state index in [2.05, 4.69) is 5.32 Å². The van der Waals surface area contributed by atoms with Crippen LogP contribution in [0, 0.1) is 11.6 Å². The van der Waals surface area contributed by atoms with Crippen LogP contribution in [0.1, 0.15) is 0 Å². The predicted molar refractivity (Wildman–Crippen MR) is 55.7 cm³/mol.